The second-order valence-electron chi connectivity index (χ2n) is 5.60. The van der Waals surface area contributed by atoms with Gasteiger partial charge in [-0.15, -0.1) is 0 Å². The molecule has 3 rings (SSSR count). The van der Waals surface area contributed by atoms with Gasteiger partial charge in [0.05, 0.1) is 25.7 Å². The van der Waals surface area contributed by atoms with Gasteiger partial charge in [-0.05, 0) is 25.1 Å². The minimum Gasteiger partial charge on any atom is -0.452 e. The van der Waals surface area contributed by atoms with Crippen molar-refractivity contribution in [1.29, 1.82) is 0 Å². The van der Waals surface area contributed by atoms with E-state index in [4.69, 9.17) is 16.3 Å². The summed E-state index contributed by atoms with van der Waals surface area (Å²) in [6.07, 6.45) is 0. The first kappa shape index (κ1) is 19.7. The number of carbonyl (C=O) groups is 2. The highest BCUT2D eigenvalue weighted by Gasteiger charge is 2.22. The van der Waals surface area contributed by atoms with Gasteiger partial charge in [-0.2, -0.15) is 0 Å². The fourth-order valence-electron chi connectivity index (χ4n) is 2.46. The number of halogens is 1. The van der Waals surface area contributed by atoms with Crippen molar-refractivity contribution < 1.29 is 19.2 Å². The van der Waals surface area contributed by atoms with Crippen LogP contribution in [0, 0.1) is 10.1 Å². The summed E-state index contributed by atoms with van der Waals surface area (Å²) >= 11 is 7.27. The smallest absolute Gasteiger partial charge is 0.340 e. The van der Waals surface area contributed by atoms with Crippen molar-refractivity contribution in [3.05, 3.63) is 63.2 Å². The molecular formula is C18H14ClN3O5S. The normalized spacial score (nSPS) is 10.6. The summed E-state index contributed by atoms with van der Waals surface area (Å²) in [6.45, 7) is 1.58. The summed E-state index contributed by atoms with van der Waals surface area (Å²) in [5.74, 6) is -1.38. The Bertz CT molecular complexity index is 1040. The Kier molecular flexibility index (Phi) is 5.86. The monoisotopic (exact) mass is 419 g/mol. The first-order chi connectivity index (χ1) is 13.4. The molecule has 3 aromatic rings. The van der Waals surface area contributed by atoms with Gasteiger partial charge in [0.1, 0.15) is 0 Å². The predicted octanol–water partition coefficient (Wildman–Crippen LogP) is 4.07. The number of non-ortho nitro benzene ring substituents is 1. The zero-order chi connectivity index (χ0) is 20.3. The quantitative estimate of drug-likeness (QED) is 0.339. The van der Waals surface area contributed by atoms with E-state index >= 15 is 0 Å². The predicted molar refractivity (Wildman–Crippen MR) is 106 cm³/mol. The average molecular weight is 420 g/mol. The molecule has 8 nitrogen and oxygen atoms in total. The number of amides is 1. The molecule has 0 aliphatic rings. The van der Waals surface area contributed by atoms with Gasteiger partial charge in [0.15, 0.2) is 11.7 Å². The number of carbonyl (C=O) groups excluding carboxylic acids is 2. The Morgan fingerprint density at radius 1 is 1.29 bits per heavy atom. The Morgan fingerprint density at radius 2 is 2.04 bits per heavy atom. The molecule has 10 heteroatoms. The van der Waals surface area contributed by atoms with E-state index in [-0.39, 0.29) is 16.3 Å². The van der Waals surface area contributed by atoms with Crippen molar-refractivity contribution in [2.45, 2.75) is 6.92 Å². The molecule has 1 aromatic heterocycles. The maximum Gasteiger partial charge on any atom is 0.340 e. The Labute approximate surface area is 168 Å². The van der Waals surface area contributed by atoms with Crippen molar-refractivity contribution >= 4 is 55.8 Å². The fraction of sp³-hybridized carbons (Fsp3) is 0.167. The molecule has 0 aliphatic carbocycles. The number of rotatable bonds is 6. The number of benzene rings is 2. The highest BCUT2D eigenvalue weighted by atomic mass is 35.5. The van der Waals surface area contributed by atoms with E-state index in [0.29, 0.717) is 11.7 Å². The van der Waals surface area contributed by atoms with Gasteiger partial charge in [-0.3, -0.25) is 19.8 Å². The van der Waals surface area contributed by atoms with Crippen molar-refractivity contribution in [2.75, 3.05) is 18.1 Å². The molecule has 2 aromatic carbocycles. The van der Waals surface area contributed by atoms with Crippen molar-refractivity contribution in [3.8, 4) is 0 Å². The van der Waals surface area contributed by atoms with Crippen LogP contribution >= 0.6 is 22.9 Å². The lowest BCUT2D eigenvalue weighted by Gasteiger charge is -2.17. The number of hydrogen-bond acceptors (Lipinski definition) is 7. The topological polar surface area (TPSA) is 103 Å². The van der Waals surface area contributed by atoms with Crippen LogP contribution in [0.2, 0.25) is 5.02 Å². The number of ether oxygens (including phenoxy) is 1. The van der Waals surface area contributed by atoms with Gasteiger partial charge in [0.2, 0.25) is 0 Å². The third-order valence-electron chi connectivity index (χ3n) is 3.84. The molecule has 0 spiro atoms. The van der Waals surface area contributed by atoms with Crippen LogP contribution in [0.25, 0.3) is 10.2 Å². The summed E-state index contributed by atoms with van der Waals surface area (Å²) in [6, 6.07) is 10.9. The van der Waals surface area contributed by atoms with Crippen LogP contribution < -0.4 is 4.90 Å². The molecule has 0 unspecified atom stereocenters. The van der Waals surface area contributed by atoms with Gasteiger partial charge in [-0.25, -0.2) is 9.78 Å². The molecular weight excluding hydrogens is 406 g/mol. The maximum atomic E-state index is 12.5. The molecule has 0 radical (unpaired) electrons. The average Bonchev–Trinajstić information content (AvgIpc) is 3.10. The van der Waals surface area contributed by atoms with Gasteiger partial charge in [0, 0.05) is 18.7 Å². The largest absolute Gasteiger partial charge is 0.452 e. The Balaban J connectivity index is 1.72. The van der Waals surface area contributed by atoms with Crippen LogP contribution in [0.3, 0.4) is 0 Å². The molecule has 1 amide bonds. The number of likely N-dealkylation sites (N-methyl/N-ethyl adjacent to an activating group) is 1. The highest BCUT2D eigenvalue weighted by molar-refractivity contribution is 7.22. The Hall–Kier alpha value is -3.04. The minimum atomic E-state index is -0.914. The van der Waals surface area contributed by atoms with Crippen molar-refractivity contribution in [2.24, 2.45) is 0 Å². The zero-order valence-corrected chi connectivity index (χ0v) is 16.2. The number of anilines is 1. The lowest BCUT2D eigenvalue weighted by molar-refractivity contribution is -0.384. The SMILES string of the molecule is CCN(C(=O)COC(=O)c1cc([N+](=O)[O-])ccc1Cl)c1nc2ccccc2s1. The summed E-state index contributed by atoms with van der Waals surface area (Å²) < 4.78 is 5.96. The van der Waals surface area contributed by atoms with Crippen LogP contribution in [0.5, 0.6) is 0 Å². The van der Waals surface area contributed by atoms with Crippen LogP contribution in [0.1, 0.15) is 17.3 Å². The van der Waals surface area contributed by atoms with Crippen LogP contribution in [0.15, 0.2) is 42.5 Å². The van der Waals surface area contributed by atoms with Crippen LogP contribution in [-0.4, -0.2) is 34.9 Å². The highest BCUT2D eigenvalue weighted by Crippen LogP contribution is 2.28. The first-order valence-electron chi connectivity index (χ1n) is 8.17. The third-order valence-corrected chi connectivity index (χ3v) is 5.23. The van der Waals surface area contributed by atoms with Crippen LogP contribution in [0.4, 0.5) is 10.8 Å². The summed E-state index contributed by atoms with van der Waals surface area (Å²) in [5, 5.41) is 11.4. The standard InChI is InChI=1S/C18H14ClN3O5S/c1-2-21(18-20-14-5-3-4-6-15(14)28-18)16(23)10-27-17(24)12-9-11(22(25)26)7-8-13(12)19/h3-9H,2,10H2,1H3. The molecule has 0 aliphatic heterocycles. The lowest BCUT2D eigenvalue weighted by atomic mass is 10.2. The molecule has 0 saturated heterocycles. The molecule has 0 fully saturated rings. The van der Waals surface area contributed by atoms with E-state index < -0.39 is 23.4 Å². The number of fused-ring (bicyclic) bond motifs is 1. The van der Waals surface area contributed by atoms with E-state index in [9.17, 15) is 19.7 Å². The number of thiazole rings is 1. The van der Waals surface area contributed by atoms with E-state index in [2.05, 4.69) is 4.98 Å². The molecule has 0 bridgehead atoms. The van der Waals surface area contributed by atoms with Gasteiger partial charge in [-0.1, -0.05) is 35.1 Å². The zero-order valence-electron chi connectivity index (χ0n) is 14.6. The number of aromatic nitrogens is 1. The fourth-order valence-corrected chi connectivity index (χ4v) is 3.70. The molecule has 0 atom stereocenters. The number of nitrogens with zero attached hydrogens (tertiary/aromatic N) is 3. The number of nitro groups is 1. The first-order valence-corrected chi connectivity index (χ1v) is 9.37. The van der Waals surface area contributed by atoms with Crippen LogP contribution in [-0.2, 0) is 9.53 Å². The minimum absolute atomic E-state index is 0.00145. The number of para-hydroxylation sites is 1. The van der Waals surface area contributed by atoms with E-state index in [1.165, 1.54) is 28.4 Å². The Morgan fingerprint density at radius 3 is 2.71 bits per heavy atom. The lowest BCUT2D eigenvalue weighted by Crippen LogP contribution is -2.34. The second kappa shape index (κ2) is 8.32. The molecule has 0 N–H and O–H groups in total. The summed E-state index contributed by atoms with van der Waals surface area (Å²) in [7, 11) is 0. The summed E-state index contributed by atoms with van der Waals surface area (Å²) in [5.41, 5.74) is 0.299. The van der Waals surface area contributed by atoms with Gasteiger partial charge >= 0.3 is 5.97 Å². The van der Waals surface area contributed by atoms with E-state index in [1.807, 2.05) is 24.3 Å². The molecule has 0 saturated carbocycles. The van der Waals surface area contributed by atoms with Crippen molar-refractivity contribution in [1.82, 2.24) is 4.98 Å². The van der Waals surface area contributed by atoms with E-state index in [1.54, 1.807) is 6.92 Å². The number of esters is 1. The molecule has 28 heavy (non-hydrogen) atoms. The van der Waals surface area contributed by atoms with Crippen molar-refractivity contribution in [3.63, 3.8) is 0 Å². The van der Waals surface area contributed by atoms with E-state index in [0.717, 1.165) is 16.3 Å². The number of hydrogen-bond donors (Lipinski definition) is 0. The summed E-state index contributed by atoms with van der Waals surface area (Å²) in [4.78, 5) is 40.8. The molecule has 1 heterocycles. The van der Waals surface area contributed by atoms with Gasteiger partial charge in [0.25, 0.3) is 11.6 Å². The van der Waals surface area contributed by atoms with Gasteiger partial charge < -0.3 is 4.74 Å². The maximum absolute atomic E-state index is 12.5. The number of nitro benzene ring substituents is 1. The molecule has 144 valence electrons. The third kappa shape index (κ3) is 4.10. The second-order valence-corrected chi connectivity index (χ2v) is 7.02.